The molecule has 1 N–H and O–H groups in total. The Morgan fingerprint density at radius 1 is 0.907 bits per heavy atom. The number of fused-ring (bicyclic) bond motifs is 1. The van der Waals surface area contributed by atoms with Crippen LogP contribution in [0.1, 0.15) is 36.5 Å². The largest absolute Gasteiger partial charge is 0.383 e. The lowest BCUT2D eigenvalue weighted by molar-refractivity contribution is -0.121. The lowest BCUT2D eigenvalue weighted by Crippen LogP contribution is -2.44. The summed E-state index contributed by atoms with van der Waals surface area (Å²) in [7, 11) is 1.74. The first-order valence-corrected chi connectivity index (χ1v) is 15.7. The fourth-order valence-corrected chi connectivity index (χ4v) is 6.87. The van der Waals surface area contributed by atoms with E-state index < -0.39 is 5.54 Å². The summed E-state index contributed by atoms with van der Waals surface area (Å²) in [5.74, 6) is 0.527. The SMILES string of the molecule is COCC(C)N1CCC(C(=O)Nc2nn(C(c3ccccc3)(c3ccccc3)c3ccccc3)c3ccc(Br)cc23)CC1. The van der Waals surface area contributed by atoms with Gasteiger partial charge in [-0.05, 0) is 67.7 Å². The van der Waals surface area contributed by atoms with Crippen LogP contribution in [-0.2, 0) is 15.1 Å². The van der Waals surface area contributed by atoms with Crippen molar-refractivity contribution in [3.63, 3.8) is 0 Å². The van der Waals surface area contributed by atoms with Crippen molar-refractivity contribution in [2.24, 2.45) is 5.92 Å². The first kappa shape index (κ1) is 29.3. The van der Waals surface area contributed by atoms with Crippen molar-refractivity contribution in [1.29, 1.82) is 0 Å². The zero-order valence-corrected chi connectivity index (χ0v) is 26.2. The molecule has 0 spiro atoms. The molecular weight excluding hydrogens is 600 g/mol. The molecule has 5 aromatic rings. The molecule has 1 atom stereocenters. The number of hydrogen-bond donors (Lipinski definition) is 1. The van der Waals surface area contributed by atoms with E-state index in [1.807, 2.05) is 24.3 Å². The Balaban J connectivity index is 1.47. The Labute approximate surface area is 261 Å². The monoisotopic (exact) mass is 636 g/mol. The number of halogens is 1. The van der Waals surface area contributed by atoms with E-state index in [2.05, 4.69) is 123 Å². The third-order valence-electron chi connectivity index (χ3n) is 8.71. The van der Waals surface area contributed by atoms with Crippen LogP contribution in [0.4, 0.5) is 5.82 Å². The Morgan fingerprint density at radius 2 is 1.44 bits per heavy atom. The molecule has 1 saturated heterocycles. The first-order valence-electron chi connectivity index (χ1n) is 14.9. The minimum absolute atomic E-state index is 0.0234. The third-order valence-corrected chi connectivity index (χ3v) is 9.20. The number of anilines is 1. The molecule has 0 bridgehead atoms. The van der Waals surface area contributed by atoms with E-state index in [1.54, 1.807) is 7.11 Å². The molecule has 220 valence electrons. The molecule has 1 fully saturated rings. The standard InChI is InChI=1S/C36H37BrN4O2/c1-26(25-43-2)40-22-20-27(21-23-40)35(42)38-34-32-24-31(37)18-19-33(32)41(39-34)36(28-12-6-3-7-13-28,29-14-8-4-9-15-29)30-16-10-5-11-17-30/h3-19,24,26-27H,20-23,25H2,1-2H3,(H,38,39,42). The molecular formula is C36H37BrN4O2. The summed E-state index contributed by atoms with van der Waals surface area (Å²) in [4.78, 5) is 16.2. The highest BCUT2D eigenvalue weighted by Crippen LogP contribution is 2.43. The molecule has 2 heterocycles. The molecule has 6 rings (SSSR count). The summed E-state index contributed by atoms with van der Waals surface area (Å²) in [5.41, 5.74) is 3.38. The molecule has 1 aliphatic rings. The Morgan fingerprint density at radius 3 is 1.95 bits per heavy atom. The third kappa shape index (κ3) is 5.65. The van der Waals surface area contributed by atoms with Crippen LogP contribution >= 0.6 is 15.9 Å². The van der Waals surface area contributed by atoms with Gasteiger partial charge in [0.05, 0.1) is 12.1 Å². The number of ether oxygens (including phenoxy) is 1. The van der Waals surface area contributed by atoms with E-state index in [-0.39, 0.29) is 11.8 Å². The fourth-order valence-electron chi connectivity index (χ4n) is 6.51. The maximum Gasteiger partial charge on any atom is 0.228 e. The summed E-state index contributed by atoms with van der Waals surface area (Å²) in [6.45, 7) is 4.63. The molecule has 1 amide bonds. The number of carbonyl (C=O) groups is 1. The number of hydrogen-bond acceptors (Lipinski definition) is 4. The first-order chi connectivity index (χ1) is 21.0. The normalized spacial score (nSPS) is 15.4. The van der Waals surface area contributed by atoms with Crippen LogP contribution in [0.5, 0.6) is 0 Å². The molecule has 0 radical (unpaired) electrons. The van der Waals surface area contributed by atoms with Gasteiger partial charge in [0.15, 0.2) is 5.82 Å². The number of nitrogens with one attached hydrogen (secondary N) is 1. The minimum Gasteiger partial charge on any atom is -0.383 e. The predicted octanol–water partition coefficient (Wildman–Crippen LogP) is 7.32. The molecule has 0 saturated carbocycles. The van der Waals surface area contributed by atoms with E-state index in [0.717, 1.165) is 58.0 Å². The van der Waals surface area contributed by atoms with Gasteiger partial charge in [-0.3, -0.25) is 9.69 Å². The average molecular weight is 638 g/mol. The molecule has 6 nitrogen and oxygen atoms in total. The summed E-state index contributed by atoms with van der Waals surface area (Å²) in [6, 6.07) is 38.0. The molecule has 1 aliphatic heterocycles. The number of nitrogens with zero attached hydrogens (tertiary/aromatic N) is 3. The molecule has 43 heavy (non-hydrogen) atoms. The van der Waals surface area contributed by atoms with Crippen molar-refractivity contribution < 1.29 is 9.53 Å². The second kappa shape index (κ2) is 12.8. The Hall–Kier alpha value is -3.78. The van der Waals surface area contributed by atoms with Crippen molar-refractivity contribution in [2.75, 3.05) is 32.1 Å². The van der Waals surface area contributed by atoms with E-state index in [1.165, 1.54) is 0 Å². The van der Waals surface area contributed by atoms with Gasteiger partial charge in [-0.2, -0.15) is 5.10 Å². The lowest BCUT2D eigenvalue weighted by Gasteiger charge is -2.37. The topological polar surface area (TPSA) is 59.4 Å². The van der Waals surface area contributed by atoms with Gasteiger partial charge in [0.2, 0.25) is 5.91 Å². The van der Waals surface area contributed by atoms with Gasteiger partial charge in [-0.25, -0.2) is 4.68 Å². The minimum atomic E-state index is -0.790. The predicted molar refractivity (Wildman–Crippen MR) is 176 cm³/mol. The van der Waals surface area contributed by atoms with E-state index in [0.29, 0.717) is 18.5 Å². The molecule has 4 aromatic carbocycles. The smallest absolute Gasteiger partial charge is 0.228 e. The van der Waals surface area contributed by atoms with Crippen LogP contribution < -0.4 is 5.32 Å². The second-order valence-electron chi connectivity index (χ2n) is 11.3. The fraction of sp³-hybridized carbons (Fsp3) is 0.278. The number of rotatable bonds is 9. The number of methoxy groups -OCH3 is 1. The van der Waals surface area contributed by atoms with Crippen molar-refractivity contribution in [1.82, 2.24) is 14.7 Å². The van der Waals surface area contributed by atoms with Gasteiger partial charge in [0, 0.05) is 28.9 Å². The van der Waals surface area contributed by atoms with Gasteiger partial charge in [-0.15, -0.1) is 0 Å². The zero-order chi connectivity index (χ0) is 29.8. The van der Waals surface area contributed by atoms with Gasteiger partial charge < -0.3 is 10.1 Å². The number of benzene rings is 4. The van der Waals surface area contributed by atoms with Gasteiger partial charge in [-0.1, -0.05) is 107 Å². The lowest BCUT2D eigenvalue weighted by atomic mass is 9.77. The molecule has 7 heteroatoms. The van der Waals surface area contributed by atoms with Crippen LogP contribution in [0.3, 0.4) is 0 Å². The van der Waals surface area contributed by atoms with Crippen LogP contribution in [0, 0.1) is 5.92 Å². The number of aromatic nitrogens is 2. The summed E-state index contributed by atoms with van der Waals surface area (Å²) >= 11 is 3.67. The van der Waals surface area contributed by atoms with Crippen molar-refractivity contribution in [3.05, 3.63) is 130 Å². The quantitative estimate of drug-likeness (QED) is 0.172. The second-order valence-corrected chi connectivity index (χ2v) is 12.2. The Kier molecular flexibility index (Phi) is 8.75. The van der Waals surface area contributed by atoms with Gasteiger partial charge in [0.1, 0.15) is 5.54 Å². The van der Waals surface area contributed by atoms with Crippen molar-refractivity contribution in [2.45, 2.75) is 31.3 Å². The maximum atomic E-state index is 13.8. The van der Waals surface area contributed by atoms with E-state index >= 15 is 0 Å². The van der Waals surface area contributed by atoms with Crippen molar-refractivity contribution >= 4 is 38.6 Å². The molecule has 1 aromatic heterocycles. The number of piperidine rings is 1. The summed E-state index contributed by atoms with van der Waals surface area (Å²) < 4.78 is 8.38. The summed E-state index contributed by atoms with van der Waals surface area (Å²) in [5, 5.41) is 9.42. The van der Waals surface area contributed by atoms with Gasteiger partial charge >= 0.3 is 0 Å². The highest BCUT2D eigenvalue weighted by molar-refractivity contribution is 9.10. The van der Waals surface area contributed by atoms with E-state index in [9.17, 15) is 4.79 Å². The summed E-state index contributed by atoms with van der Waals surface area (Å²) in [6.07, 6.45) is 1.62. The van der Waals surface area contributed by atoms with Crippen LogP contribution in [0.2, 0.25) is 0 Å². The highest BCUT2D eigenvalue weighted by Gasteiger charge is 2.41. The van der Waals surface area contributed by atoms with E-state index in [4.69, 9.17) is 9.84 Å². The van der Waals surface area contributed by atoms with Crippen LogP contribution in [0.15, 0.2) is 114 Å². The number of amides is 1. The average Bonchev–Trinajstić information content (AvgIpc) is 3.40. The molecule has 1 unspecified atom stereocenters. The maximum absolute atomic E-state index is 13.8. The zero-order valence-electron chi connectivity index (χ0n) is 24.6. The number of carbonyl (C=O) groups excluding carboxylic acids is 1. The van der Waals surface area contributed by atoms with Crippen LogP contribution in [-0.4, -0.2) is 53.4 Å². The number of likely N-dealkylation sites (tertiary alicyclic amines) is 1. The Bertz CT molecular complexity index is 1570. The van der Waals surface area contributed by atoms with Crippen molar-refractivity contribution in [3.8, 4) is 0 Å². The molecule has 0 aliphatic carbocycles. The van der Waals surface area contributed by atoms with Crippen LogP contribution in [0.25, 0.3) is 10.9 Å². The van der Waals surface area contributed by atoms with Gasteiger partial charge in [0.25, 0.3) is 0 Å². The highest BCUT2D eigenvalue weighted by atomic mass is 79.9.